The van der Waals surface area contributed by atoms with E-state index in [-0.39, 0.29) is 12.0 Å². The molecule has 0 rings (SSSR count). The maximum atomic E-state index is 11.6. The zero-order chi connectivity index (χ0) is 16.2. The van der Waals surface area contributed by atoms with Gasteiger partial charge < -0.3 is 4.89 Å². The third kappa shape index (κ3) is 17.0. The number of phosphoric acid groups is 1. The molecule has 0 aliphatic heterocycles. The fourth-order valence-electron chi connectivity index (χ4n) is 1.44. The van der Waals surface area contributed by atoms with Crippen molar-refractivity contribution >= 4 is 29.4 Å². The van der Waals surface area contributed by atoms with Crippen molar-refractivity contribution in [1.82, 2.24) is 0 Å². The molecule has 128 valence electrons. The largest absolute Gasteiger partial charge is 0.472 e. The number of unbranched alkanes of at least 4 members (excludes halogenated alkanes) is 3. The highest BCUT2D eigenvalue weighted by molar-refractivity contribution is 8.76. The van der Waals surface area contributed by atoms with E-state index in [1.165, 1.54) is 12.2 Å². The van der Waals surface area contributed by atoms with Gasteiger partial charge in [0.1, 0.15) is 0 Å². The Bertz CT molecular complexity index is 295. The van der Waals surface area contributed by atoms with Crippen molar-refractivity contribution in [3.05, 3.63) is 0 Å². The molecule has 0 fully saturated rings. The minimum atomic E-state index is -3.86. The average molecular weight is 359 g/mol. The van der Waals surface area contributed by atoms with E-state index in [0.717, 1.165) is 31.4 Å². The molecule has 21 heavy (non-hydrogen) atoms. The van der Waals surface area contributed by atoms with Gasteiger partial charge >= 0.3 is 7.82 Å². The molecule has 1 unspecified atom stereocenters. The topological polar surface area (TPSA) is 55.8 Å². The lowest BCUT2D eigenvalue weighted by atomic mass is 9.93. The van der Waals surface area contributed by atoms with Crippen molar-refractivity contribution in [2.24, 2.45) is 5.41 Å². The molecule has 0 aromatic heterocycles. The molecule has 0 heterocycles. The van der Waals surface area contributed by atoms with E-state index in [9.17, 15) is 9.46 Å². The van der Waals surface area contributed by atoms with E-state index >= 15 is 0 Å². The van der Waals surface area contributed by atoms with Crippen LogP contribution >= 0.6 is 29.4 Å². The van der Waals surface area contributed by atoms with Gasteiger partial charge in [-0.05, 0) is 24.7 Å². The molecule has 7 heteroatoms. The Kier molecular flexibility index (Phi) is 12.7. The van der Waals surface area contributed by atoms with Crippen LogP contribution in [-0.2, 0) is 13.6 Å². The predicted octanol–water partition coefficient (Wildman–Crippen LogP) is 5.52. The molecule has 4 nitrogen and oxygen atoms in total. The third-order valence-corrected chi connectivity index (χ3v) is 6.27. The van der Waals surface area contributed by atoms with Crippen LogP contribution in [0.1, 0.15) is 59.8 Å². The Balaban J connectivity index is 3.47. The molecule has 0 bridgehead atoms. The van der Waals surface area contributed by atoms with Crippen molar-refractivity contribution < 1.29 is 18.5 Å². The summed E-state index contributed by atoms with van der Waals surface area (Å²) in [7, 11) is -0.0488. The lowest BCUT2D eigenvalue weighted by Gasteiger charge is -2.19. The molecule has 1 atom stereocenters. The van der Waals surface area contributed by atoms with Gasteiger partial charge in [-0.1, -0.05) is 62.1 Å². The van der Waals surface area contributed by atoms with E-state index in [0.29, 0.717) is 6.61 Å². The van der Waals surface area contributed by atoms with Crippen LogP contribution in [0.3, 0.4) is 0 Å². The predicted molar refractivity (Wildman–Crippen MR) is 94.9 cm³/mol. The highest BCUT2D eigenvalue weighted by atomic mass is 33.1. The summed E-state index contributed by atoms with van der Waals surface area (Å²) in [5.74, 6) is 2.33. The van der Waals surface area contributed by atoms with Gasteiger partial charge in [-0.2, -0.15) is 0 Å². The average Bonchev–Trinajstić information content (AvgIpc) is 2.35. The highest BCUT2D eigenvalue weighted by Gasteiger charge is 2.21. The van der Waals surface area contributed by atoms with Crippen LogP contribution in [0.15, 0.2) is 0 Å². The van der Waals surface area contributed by atoms with Gasteiger partial charge in [0.25, 0.3) is 0 Å². The first-order valence-electron chi connectivity index (χ1n) is 7.63. The first-order valence-corrected chi connectivity index (χ1v) is 11.6. The van der Waals surface area contributed by atoms with E-state index in [1.807, 2.05) is 21.6 Å². The van der Waals surface area contributed by atoms with Crippen molar-refractivity contribution in [3.8, 4) is 0 Å². The third-order valence-electron chi connectivity index (χ3n) is 2.68. The molecule has 0 spiro atoms. The number of hydrogen-bond donors (Lipinski definition) is 1. The second kappa shape index (κ2) is 12.3. The summed E-state index contributed by atoms with van der Waals surface area (Å²) in [5.41, 5.74) is 0.0913. The van der Waals surface area contributed by atoms with E-state index in [1.54, 1.807) is 0 Å². The van der Waals surface area contributed by atoms with Crippen molar-refractivity contribution in [2.45, 2.75) is 59.8 Å². The second-order valence-electron chi connectivity index (χ2n) is 6.09. The van der Waals surface area contributed by atoms with Crippen molar-refractivity contribution in [2.75, 3.05) is 24.7 Å². The van der Waals surface area contributed by atoms with Crippen LogP contribution in [-0.4, -0.2) is 29.6 Å². The van der Waals surface area contributed by atoms with Crippen molar-refractivity contribution in [3.63, 3.8) is 0 Å². The minimum absolute atomic E-state index is 0.0913. The van der Waals surface area contributed by atoms with Crippen LogP contribution in [0.25, 0.3) is 0 Å². The lowest BCUT2D eigenvalue weighted by Crippen LogP contribution is -2.09. The summed E-state index contributed by atoms with van der Waals surface area (Å²) in [6.07, 6.45) is 4.89. The summed E-state index contributed by atoms with van der Waals surface area (Å²) < 4.78 is 21.5. The Labute approximate surface area is 138 Å². The Morgan fingerprint density at radius 1 is 1.00 bits per heavy atom. The molecule has 0 amide bonds. The summed E-state index contributed by atoms with van der Waals surface area (Å²) in [4.78, 5) is 9.52. The second-order valence-corrected chi connectivity index (χ2v) is 10.4. The van der Waals surface area contributed by atoms with E-state index < -0.39 is 7.82 Å². The minimum Gasteiger partial charge on any atom is -0.302 e. The molecule has 0 radical (unpaired) electrons. The standard InChI is InChI=1S/C14H31O4PS2/c1-5-20-21-13-9-7-6-8-11-17-19(15,16)18-12-10-14(2,3)4/h5-13H2,1-4H3,(H,15,16). The summed E-state index contributed by atoms with van der Waals surface area (Å²) in [6.45, 7) is 8.90. The number of rotatable bonds is 13. The zero-order valence-corrected chi connectivity index (χ0v) is 16.3. The molecule has 0 aliphatic rings. The molecular weight excluding hydrogens is 327 g/mol. The molecule has 0 aromatic rings. The van der Waals surface area contributed by atoms with Gasteiger partial charge in [0.15, 0.2) is 0 Å². The maximum absolute atomic E-state index is 11.6. The van der Waals surface area contributed by atoms with Gasteiger partial charge in [-0.3, -0.25) is 9.05 Å². The lowest BCUT2D eigenvalue weighted by molar-refractivity contribution is 0.133. The van der Waals surface area contributed by atoms with Crippen LogP contribution in [0.5, 0.6) is 0 Å². The van der Waals surface area contributed by atoms with Crippen LogP contribution in [0, 0.1) is 5.41 Å². The number of phosphoric ester groups is 1. The highest BCUT2D eigenvalue weighted by Crippen LogP contribution is 2.44. The Morgan fingerprint density at radius 3 is 2.24 bits per heavy atom. The molecule has 0 aromatic carbocycles. The SMILES string of the molecule is CCSSCCCCCCOP(=O)(O)OCCC(C)(C)C. The van der Waals surface area contributed by atoms with Crippen LogP contribution in [0.4, 0.5) is 0 Å². The van der Waals surface area contributed by atoms with Crippen LogP contribution in [0.2, 0.25) is 0 Å². The van der Waals surface area contributed by atoms with Gasteiger partial charge in [0, 0.05) is 11.5 Å². The smallest absolute Gasteiger partial charge is 0.302 e. The Morgan fingerprint density at radius 2 is 1.62 bits per heavy atom. The summed E-state index contributed by atoms with van der Waals surface area (Å²) in [5, 5.41) is 0. The first kappa shape index (κ1) is 21.8. The van der Waals surface area contributed by atoms with Crippen molar-refractivity contribution in [1.29, 1.82) is 0 Å². The summed E-state index contributed by atoms with van der Waals surface area (Å²) in [6, 6.07) is 0. The summed E-state index contributed by atoms with van der Waals surface area (Å²) >= 11 is 0. The first-order chi connectivity index (χ1) is 9.77. The monoisotopic (exact) mass is 358 g/mol. The van der Waals surface area contributed by atoms with E-state index in [4.69, 9.17) is 9.05 Å². The molecule has 1 N–H and O–H groups in total. The van der Waals surface area contributed by atoms with Gasteiger partial charge in [-0.15, -0.1) is 0 Å². The fraction of sp³-hybridized carbons (Fsp3) is 1.00. The van der Waals surface area contributed by atoms with Gasteiger partial charge in [0.2, 0.25) is 0 Å². The maximum Gasteiger partial charge on any atom is 0.472 e. The molecule has 0 aliphatic carbocycles. The van der Waals surface area contributed by atoms with E-state index in [2.05, 4.69) is 27.7 Å². The molecule has 0 saturated heterocycles. The quantitative estimate of drug-likeness (QED) is 0.266. The van der Waals surface area contributed by atoms with Gasteiger partial charge in [0.05, 0.1) is 13.2 Å². The Hall–Kier alpha value is 0.810. The number of hydrogen-bond acceptors (Lipinski definition) is 5. The molecule has 0 saturated carbocycles. The zero-order valence-electron chi connectivity index (χ0n) is 13.8. The normalized spacial score (nSPS) is 15.1. The van der Waals surface area contributed by atoms with Crippen LogP contribution < -0.4 is 0 Å². The fourth-order valence-corrected chi connectivity index (χ4v) is 4.01. The van der Waals surface area contributed by atoms with Gasteiger partial charge in [-0.25, -0.2) is 4.57 Å². The molecular formula is C14H31O4PS2.